The van der Waals surface area contributed by atoms with E-state index in [0.717, 1.165) is 11.1 Å². The minimum Gasteiger partial charge on any atom is -0.347 e. The number of hydrogen-bond donors (Lipinski definition) is 3. The summed E-state index contributed by atoms with van der Waals surface area (Å²) < 4.78 is 26.7. The Labute approximate surface area is 165 Å². The van der Waals surface area contributed by atoms with Crippen LogP contribution in [0.4, 0.5) is 5.69 Å². The molecule has 0 spiro atoms. The van der Waals surface area contributed by atoms with E-state index < -0.39 is 21.8 Å². The monoisotopic (exact) mass is 403 g/mol. The van der Waals surface area contributed by atoms with Crippen LogP contribution in [-0.4, -0.2) is 32.8 Å². The Hall–Kier alpha value is -2.71. The summed E-state index contributed by atoms with van der Waals surface area (Å²) >= 11 is 0. The summed E-state index contributed by atoms with van der Waals surface area (Å²) in [4.78, 5) is 24.1. The molecule has 0 atom stereocenters. The van der Waals surface area contributed by atoms with Crippen molar-refractivity contribution in [2.24, 2.45) is 0 Å². The fourth-order valence-electron chi connectivity index (χ4n) is 2.51. The second kappa shape index (κ2) is 9.48. The fraction of sp³-hybridized carbons (Fsp3) is 0.300. The zero-order valence-corrected chi connectivity index (χ0v) is 17.0. The van der Waals surface area contributed by atoms with Gasteiger partial charge in [0.25, 0.3) is 0 Å². The van der Waals surface area contributed by atoms with Gasteiger partial charge in [0.15, 0.2) is 0 Å². The Bertz CT molecular complexity index is 938. The van der Waals surface area contributed by atoms with E-state index >= 15 is 0 Å². The van der Waals surface area contributed by atoms with Gasteiger partial charge in [-0.1, -0.05) is 30.3 Å². The largest absolute Gasteiger partial charge is 0.347 e. The highest BCUT2D eigenvalue weighted by Gasteiger charge is 2.16. The average Bonchev–Trinajstić information content (AvgIpc) is 2.63. The lowest BCUT2D eigenvalue weighted by molar-refractivity contribution is -0.136. The first-order valence-corrected chi connectivity index (χ1v) is 10.4. The number of amides is 2. The number of aryl methyl sites for hydroxylation is 1. The number of hydrogen-bond acceptors (Lipinski definition) is 4. The molecule has 2 rings (SSSR count). The second-order valence-corrected chi connectivity index (χ2v) is 8.41. The lowest BCUT2D eigenvalue weighted by Gasteiger charge is -2.10. The molecule has 0 heterocycles. The quantitative estimate of drug-likeness (QED) is 0.615. The van der Waals surface area contributed by atoms with E-state index in [4.69, 9.17) is 0 Å². The van der Waals surface area contributed by atoms with Crippen LogP contribution >= 0.6 is 0 Å². The molecule has 0 aromatic heterocycles. The first kappa shape index (κ1) is 21.6. The number of para-hydroxylation sites is 1. The minimum absolute atomic E-state index is 0.187. The molecule has 2 aromatic rings. The molecule has 0 aliphatic rings. The summed E-state index contributed by atoms with van der Waals surface area (Å²) in [5, 5.41) is 5.13. The number of nitrogens with one attached hydrogen (secondary N) is 3. The number of sulfonamides is 1. The van der Waals surface area contributed by atoms with Gasteiger partial charge in [-0.3, -0.25) is 9.59 Å². The predicted molar refractivity (Wildman–Crippen MR) is 108 cm³/mol. The highest BCUT2D eigenvalue weighted by molar-refractivity contribution is 7.89. The maximum Gasteiger partial charge on any atom is 0.313 e. The van der Waals surface area contributed by atoms with E-state index in [9.17, 15) is 18.0 Å². The summed E-state index contributed by atoms with van der Waals surface area (Å²) in [6.45, 7) is 5.61. The molecule has 0 fully saturated rings. The zero-order chi connectivity index (χ0) is 20.7. The molecule has 0 radical (unpaired) electrons. The van der Waals surface area contributed by atoms with Gasteiger partial charge in [0.05, 0.1) is 4.90 Å². The standard InChI is InChI=1S/C20H25N3O4S/c1-14(2)23-28(26,27)17-10-8-16(9-11-17)12-13-21-19(24)20(25)22-18-7-5-4-6-15(18)3/h4-11,14,23H,12-13H2,1-3H3,(H,21,24)(H,22,25). The third-order valence-corrected chi connectivity index (χ3v) is 5.60. The van der Waals surface area contributed by atoms with Crippen molar-refractivity contribution in [3.8, 4) is 0 Å². The van der Waals surface area contributed by atoms with Crippen molar-refractivity contribution in [2.45, 2.75) is 38.1 Å². The Morgan fingerprint density at radius 3 is 2.21 bits per heavy atom. The Balaban J connectivity index is 1.85. The van der Waals surface area contributed by atoms with E-state index in [1.807, 2.05) is 19.1 Å². The van der Waals surface area contributed by atoms with Crippen LogP contribution in [-0.2, 0) is 26.0 Å². The zero-order valence-electron chi connectivity index (χ0n) is 16.2. The van der Waals surface area contributed by atoms with Crippen molar-refractivity contribution in [1.82, 2.24) is 10.0 Å². The Morgan fingerprint density at radius 2 is 1.61 bits per heavy atom. The number of carbonyl (C=O) groups is 2. The number of benzene rings is 2. The predicted octanol–water partition coefficient (Wildman–Crippen LogP) is 1.98. The topological polar surface area (TPSA) is 104 Å². The van der Waals surface area contributed by atoms with Gasteiger partial charge >= 0.3 is 11.8 Å². The third kappa shape index (κ3) is 6.17. The molecule has 0 aliphatic heterocycles. The lowest BCUT2D eigenvalue weighted by Crippen LogP contribution is -2.36. The Kier molecular flexibility index (Phi) is 7.31. The molecule has 2 aromatic carbocycles. The minimum atomic E-state index is -3.53. The van der Waals surface area contributed by atoms with Crippen LogP contribution in [0.2, 0.25) is 0 Å². The average molecular weight is 404 g/mol. The first-order valence-electron chi connectivity index (χ1n) is 8.95. The van der Waals surface area contributed by atoms with E-state index in [1.54, 1.807) is 38.1 Å². The van der Waals surface area contributed by atoms with Crippen LogP contribution in [0.25, 0.3) is 0 Å². The molecule has 0 unspecified atom stereocenters. The summed E-state index contributed by atoms with van der Waals surface area (Å²) in [6.07, 6.45) is 0.474. The molecule has 3 N–H and O–H groups in total. The van der Waals surface area contributed by atoms with Crippen LogP contribution in [0.1, 0.15) is 25.0 Å². The van der Waals surface area contributed by atoms with Gasteiger partial charge in [-0.2, -0.15) is 0 Å². The van der Waals surface area contributed by atoms with Gasteiger partial charge in [0.2, 0.25) is 10.0 Å². The third-order valence-electron chi connectivity index (χ3n) is 3.92. The van der Waals surface area contributed by atoms with Crippen molar-refractivity contribution in [3.05, 3.63) is 59.7 Å². The molecule has 7 nitrogen and oxygen atoms in total. The van der Waals surface area contributed by atoms with E-state index in [-0.39, 0.29) is 17.5 Å². The summed E-state index contributed by atoms with van der Waals surface area (Å²) in [5.41, 5.74) is 2.31. The molecular weight excluding hydrogens is 378 g/mol. The second-order valence-electron chi connectivity index (χ2n) is 6.69. The van der Waals surface area contributed by atoms with Crippen LogP contribution < -0.4 is 15.4 Å². The van der Waals surface area contributed by atoms with Gasteiger partial charge in [-0.15, -0.1) is 0 Å². The SMILES string of the molecule is Cc1ccccc1NC(=O)C(=O)NCCc1ccc(S(=O)(=O)NC(C)C)cc1. The van der Waals surface area contributed by atoms with E-state index in [1.165, 1.54) is 12.1 Å². The molecule has 0 saturated carbocycles. The van der Waals surface area contributed by atoms with Gasteiger partial charge in [0, 0.05) is 18.3 Å². The van der Waals surface area contributed by atoms with Crippen molar-refractivity contribution >= 4 is 27.5 Å². The van der Waals surface area contributed by atoms with Gasteiger partial charge < -0.3 is 10.6 Å². The van der Waals surface area contributed by atoms with Gasteiger partial charge in [0.1, 0.15) is 0 Å². The molecule has 0 saturated heterocycles. The maximum absolute atomic E-state index is 12.1. The molecule has 0 bridgehead atoms. The molecule has 0 aliphatic carbocycles. The van der Waals surface area contributed by atoms with Crippen molar-refractivity contribution in [2.75, 3.05) is 11.9 Å². The molecule has 28 heavy (non-hydrogen) atoms. The molecule has 2 amide bonds. The number of anilines is 1. The summed E-state index contributed by atoms with van der Waals surface area (Å²) in [6, 6.07) is 13.4. The lowest BCUT2D eigenvalue weighted by atomic mass is 10.1. The normalized spacial score (nSPS) is 11.3. The van der Waals surface area contributed by atoms with Crippen molar-refractivity contribution < 1.29 is 18.0 Å². The van der Waals surface area contributed by atoms with Crippen molar-refractivity contribution in [1.29, 1.82) is 0 Å². The Morgan fingerprint density at radius 1 is 0.964 bits per heavy atom. The molecular formula is C20H25N3O4S. The smallest absolute Gasteiger partial charge is 0.313 e. The fourth-order valence-corrected chi connectivity index (χ4v) is 3.76. The first-order chi connectivity index (χ1) is 13.2. The van der Waals surface area contributed by atoms with Crippen LogP contribution in [0.5, 0.6) is 0 Å². The van der Waals surface area contributed by atoms with Gasteiger partial charge in [-0.05, 0) is 56.5 Å². The highest BCUT2D eigenvalue weighted by atomic mass is 32.2. The van der Waals surface area contributed by atoms with Crippen LogP contribution in [0.15, 0.2) is 53.4 Å². The summed E-state index contributed by atoms with van der Waals surface area (Å²) in [5.74, 6) is -1.45. The van der Waals surface area contributed by atoms with E-state index in [2.05, 4.69) is 15.4 Å². The highest BCUT2D eigenvalue weighted by Crippen LogP contribution is 2.13. The van der Waals surface area contributed by atoms with E-state index in [0.29, 0.717) is 12.1 Å². The number of rotatable bonds is 7. The van der Waals surface area contributed by atoms with Crippen molar-refractivity contribution in [3.63, 3.8) is 0 Å². The number of carbonyl (C=O) groups excluding carboxylic acids is 2. The maximum atomic E-state index is 12.1. The van der Waals surface area contributed by atoms with Crippen LogP contribution in [0, 0.1) is 6.92 Å². The molecule has 150 valence electrons. The summed E-state index contributed by atoms with van der Waals surface area (Å²) in [7, 11) is -3.53. The van der Waals surface area contributed by atoms with Crippen LogP contribution in [0.3, 0.4) is 0 Å². The molecule has 8 heteroatoms. The van der Waals surface area contributed by atoms with Gasteiger partial charge in [-0.25, -0.2) is 13.1 Å².